The summed E-state index contributed by atoms with van der Waals surface area (Å²) in [5.74, 6) is 5.43. The van der Waals surface area contributed by atoms with Gasteiger partial charge in [0, 0.05) is 5.56 Å². The molecular weight excluding hydrogens is 231 g/mol. The highest BCUT2D eigenvalue weighted by Crippen LogP contribution is 2.22. The van der Waals surface area contributed by atoms with Crippen LogP contribution < -0.4 is 10.1 Å². The van der Waals surface area contributed by atoms with E-state index in [2.05, 4.69) is 21.9 Å². The number of ether oxygens (including phenoxy) is 1. The quantitative estimate of drug-likeness (QED) is 0.650. The number of alkyl halides is 3. The molecule has 0 spiro atoms. The lowest BCUT2D eigenvalue weighted by Crippen LogP contribution is -2.16. The molecule has 0 aliphatic carbocycles. The largest absolute Gasteiger partial charge is 0.573 e. The molecule has 92 valence electrons. The Balaban J connectivity index is 2.58. The fourth-order valence-electron chi connectivity index (χ4n) is 1.07. The van der Waals surface area contributed by atoms with Crippen molar-refractivity contribution in [3.8, 4) is 17.6 Å². The van der Waals surface area contributed by atoms with Gasteiger partial charge < -0.3 is 10.1 Å². The molecule has 0 aliphatic rings. The van der Waals surface area contributed by atoms with Gasteiger partial charge in [-0.15, -0.1) is 13.2 Å². The Bertz CT molecular complexity index is 400. The molecule has 0 unspecified atom stereocenters. The van der Waals surface area contributed by atoms with Crippen molar-refractivity contribution in [3.05, 3.63) is 29.8 Å². The van der Waals surface area contributed by atoms with Crippen LogP contribution in [0.5, 0.6) is 5.75 Å². The second kappa shape index (κ2) is 6.16. The summed E-state index contributed by atoms with van der Waals surface area (Å²) in [6.07, 6.45) is -4.65. The maximum Gasteiger partial charge on any atom is 0.573 e. The topological polar surface area (TPSA) is 21.3 Å². The van der Waals surface area contributed by atoms with Crippen LogP contribution in [-0.2, 0) is 0 Å². The van der Waals surface area contributed by atoms with Crippen LogP contribution >= 0.6 is 0 Å². The Hall–Kier alpha value is -1.67. The summed E-state index contributed by atoms with van der Waals surface area (Å²) in [6, 6.07) is 5.45. The molecule has 1 aromatic rings. The third-order valence-corrected chi connectivity index (χ3v) is 1.78. The first kappa shape index (κ1) is 13.4. The number of halogens is 3. The third-order valence-electron chi connectivity index (χ3n) is 1.78. The Morgan fingerprint density at radius 1 is 1.24 bits per heavy atom. The molecule has 0 radical (unpaired) electrons. The Morgan fingerprint density at radius 3 is 2.41 bits per heavy atom. The molecule has 2 nitrogen and oxygen atoms in total. The molecular formula is C12H12F3NO. The Morgan fingerprint density at radius 2 is 1.88 bits per heavy atom. The van der Waals surface area contributed by atoms with Gasteiger partial charge in [-0.05, 0) is 30.8 Å². The summed E-state index contributed by atoms with van der Waals surface area (Å²) in [4.78, 5) is 0. The number of nitrogens with one attached hydrogen (secondary N) is 1. The summed E-state index contributed by atoms with van der Waals surface area (Å²) in [5.41, 5.74) is 0.650. The van der Waals surface area contributed by atoms with Crippen molar-refractivity contribution >= 4 is 0 Å². The number of hydrogen-bond acceptors (Lipinski definition) is 2. The smallest absolute Gasteiger partial charge is 0.406 e. The highest BCUT2D eigenvalue weighted by atomic mass is 19.4. The second-order valence-corrected chi connectivity index (χ2v) is 3.15. The maximum atomic E-state index is 11.9. The van der Waals surface area contributed by atoms with Crippen molar-refractivity contribution in [1.82, 2.24) is 5.32 Å². The molecule has 0 bridgehead atoms. The van der Waals surface area contributed by atoms with E-state index in [9.17, 15) is 13.2 Å². The molecule has 0 aliphatic heterocycles. The van der Waals surface area contributed by atoms with Gasteiger partial charge >= 0.3 is 6.36 Å². The first-order valence-electron chi connectivity index (χ1n) is 5.06. The van der Waals surface area contributed by atoms with E-state index in [-0.39, 0.29) is 5.75 Å². The fraction of sp³-hybridized carbons (Fsp3) is 0.333. The van der Waals surface area contributed by atoms with E-state index < -0.39 is 6.36 Å². The average Bonchev–Trinajstić information content (AvgIpc) is 2.25. The highest BCUT2D eigenvalue weighted by molar-refractivity contribution is 5.38. The predicted octanol–water partition coefficient (Wildman–Crippen LogP) is 2.55. The third kappa shape index (κ3) is 5.83. The summed E-state index contributed by atoms with van der Waals surface area (Å²) in [7, 11) is 0. The molecule has 0 saturated heterocycles. The maximum absolute atomic E-state index is 11.9. The summed E-state index contributed by atoms with van der Waals surface area (Å²) in [6.45, 7) is 3.34. The van der Waals surface area contributed by atoms with E-state index in [1.165, 1.54) is 24.3 Å². The van der Waals surface area contributed by atoms with Crippen molar-refractivity contribution in [3.63, 3.8) is 0 Å². The lowest BCUT2D eigenvalue weighted by molar-refractivity contribution is -0.274. The van der Waals surface area contributed by atoms with Crippen molar-refractivity contribution < 1.29 is 17.9 Å². The summed E-state index contributed by atoms with van der Waals surface area (Å²) in [5, 5.41) is 3.01. The molecule has 0 heterocycles. The molecule has 0 atom stereocenters. The predicted molar refractivity (Wildman–Crippen MR) is 58.5 cm³/mol. The summed E-state index contributed by atoms with van der Waals surface area (Å²) < 4.78 is 39.4. The van der Waals surface area contributed by atoms with Crippen LogP contribution in [0.15, 0.2) is 24.3 Å². The van der Waals surface area contributed by atoms with Crippen LogP contribution in [0.3, 0.4) is 0 Å². The lowest BCUT2D eigenvalue weighted by atomic mass is 10.2. The van der Waals surface area contributed by atoms with Gasteiger partial charge in [0.25, 0.3) is 0 Å². The van der Waals surface area contributed by atoms with Crippen LogP contribution in [0.2, 0.25) is 0 Å². The van der Waals surface area contributed by atoms with Gasteiger partial charge in [0.1, 0.15) is 5.75 Å². The van der Waals surface area contributed by atoms with Gasteiger partial charge in [-0.1, -0.05) is 18.8 Å². The van der Waals surface area contributed by atoms with E-state index in [4.69, 9.17) is 0 Å². The SMILES string of the molecule is CCNCC#Cc1ccc(OC(F)(F)F)cc1. The zero-order valence-corrected chi connectivity index (χ0v) is 9.27. The van der Waals surface area contributed by atoms with Crippen molar-refractivity contribution in [2.24, 2.45) is 0 Å². The molecule has 17 heavy (non-hydrogen) atoms. The monoisotopic (exact) mass is 243 g/mol. The summed E-state index contributed by atoms with van der Waals surface area (Å²) >= 11 is 0. The number of rotatable bonds is 3. The van der Waals surface area contributed by atoms with E-state index in [1.54, 1.807) is 0 Å². The molecule has 1 N–H and O–H groups in total. The normalized spacial score (nSPS) is 10.6. The molecule has 0 saturated carbocycles. The zero-order chi connectivity index (χ0) is 12.7. The zero-order valence-electron chi connectivity index (χ0n) is 9.27. The molecule has 0 amide bonds. The molecule has 0 aromatic heterocycles. The standard InChI is InChI=1S/C12H12F3NO/c1-2-16-9-3-4-10-5-7-11(8-6-10)17-12(13,14)15/h5-8,16H,2,9H2,1H3. The Labute approximate surface area is 97.8 Å². The van der Waals surface area contributed by atoms with Gasteiger partial charge in [-0.2, -0.15) is 0 Å². The van der Waals surface area contributed by atoms with Crippen molar-refractivity contribution in [1.29, 1.82) is 0 Å². The van der Waals surface area contributed by atoms with Crippen LogP contribution in [0.4, 0.5) is 13.2 Å². The van der Waals surface area contributed by atoms with E-state index >= 15 is 0 Å². The highest BCUT2D eigenvalue weighted by Gasteiger charge is 2.30. The van der Waals surface area contributed by atoms with E-state index in [0.29, 0.717) is 12.1 Å². The van der Waals surface area contributed by atoms with Gasteiger partial charge in [0.15, 0.2) is 0 Å². The van der Waals surface area contributed by atoms with Crippen LogP contribution in [0.1, 0.15) is 12.5 Å². The molecule has 1 aromatic carbocycles. The molecule has 0 fully saturated rings. The van der Waals surface area contributed by atoms with Crippen LogP contribution in [-0.4, -0.2) is 19.5 Å². The van der Waals surface area contributed by atoms with E-state index in [0.717, 1.165) is 6.54 Å². The van der Waals surface area contributed by atoms with Gasteiger partial charge in [0.05, 0.1) is 6.54 Å². The van der Waals surface area contributed by atoms with Crippen molar-refractivity contribution in [2.75, 3.05) is 13.1 Å². The first-order valence-corrected chi connectivity index (χ1v) is 5.06. The average molecular weight is 243 g/mol. The van der Waals surface area contributed by atoms with Gasteiger partial charge in [-0.25, -0.2) is 0 Å². The van der Waals surface area contributed by atoms with E-state index in [1.807, 2.05) is 6.92 Å². The minimum absolute atomic E-state index is 0.241. The minimum atomic E-state index is -4.65. The van der Waals surface area contributed by atoms with Gasteiger partial charge in [-0.3, -0.25) is 0 Å². The molecule has 5 heteroatoms. The van der Waals surface area contributed by atoms with Crippen LogP contribution in [0.25, 0.3) is 0 Å². The number of hydrogen-bond donors (Lipinski definition) is 1. The Kier molecular flexibility index (Phi) is 4.85. The lowest BCUT2D eigenvalue weighted by Gasteiger charge is -2.07. The molecule has 1 rings (SSSR count). The second-order valence-electron chi connectivity index (χ2n) is 3.15. The first-order chi connectivity index (χ1) is 8.01. The number of benzene rings is 1. The van der Waals surface area contributed by atoms with Crippen molar-refractivity contribution in [2.45, 2.75) is 13.3 Å². The minimum Gasteiger partial charge on any atom is -0.406 e. The van der Waals surface area contributed by atoms with Crippen LogP contribution in [0, 0.1) is 11.8 Å². The van der Waals surface area contributed by atoms with Gasteiger partial charge in [0.2, 0.25) is 0 Å². The fourth-order valence-corrected chi connectivity index (χ4v) is 1.07.